The van der Waals surface area contributed by atoms with Crippen molar-refractivity contribution in [3.05, 3.63) is 72.3 Å². The van der Waals surface area contributed by atoms with Crippen molar-refractivity contribution in [2.24, 2.45) is 0 Å². The first-order valence-corrected chi connectivity index (χ1v) is 9.33. The van der Waals surface area contributed by atoms with Crippen molar-refractivity contribution in [3.8, 4) is 22.3 Å². The van der Waals surface area contributed by atoms with E-state index in [0.29, 0.717) is 5.56 Å². The van der Waals surface area contributed by atoms with Gasteiger partial charge in [-0.05, 0) is 24.6 Å². The minimum absolute atomic E-state index is 0.384. The number of amides is 1. The normalized spacial score (nSPS) is 12.1. The summed E-state index contributed by atoms with van der Waals surface area (Å²) in [5, 5.41) is 11.3. The second-order valence-corrected chi connectivity index (χ2v) is 7.33. The van der Waals surface area contributed by atoms with Crippen molar-refractivity contribution >= 4 is 16.9 Å². The van der Waals surface area contributed by atoms with Crippen LogP contribution in [0.15, 0.2) is 61.2 Å². The molecule has 0 saturated heterocycles. The summed E-state index contributed by atoms with van der Waals surface area (Å²) in [5.41, 5.74) is 6.30. The molecule has 0 aliphatic rings. The van der Waals surface area contributed by atoms with E-state index in [4.69, 9.17) is 0 Å². The zero-order valence-corrected chi connectivity index (χ0v) is 16.5. The predicted octanol–water partition coefficient (Wildman–Crippen LogP) is 3.72. The molecule has 1 atom stereocenters. The van der Waals surface area contributed by atoms with Crippen molar-refractivity contribution in [3.63, 3.8) is 0 Å². The molecule has 0 spiro atoms. The van der Waals surface area contributed by atoms with Crippen LogP contribution in [-0.4, -0.2) is 45.0 Å². The fourth-order valence-electron chi connectivity index (χ4n) is 3.36. The number of hydrogen-bond acceptors (Lipinski definition) is 4. The van der Waals surface area contributed by atoms with Gasteiger partial charge in [0.2, 0.25) is 0 Å². The highest BCUT2D eigenvalue weighted by atomic mass is 16.3. The van der Waals surface area contributed by atoms with Crippen LogP contribution in [0.4, 0.5) is 0 Å². The number of likely N-dealkylation sites (N-methyl/N-ethyl adjacent to an activating group) is 1. The minimum atomic E-state index is -1.25. The Kier molecular flexibility index (Phi) is 4.86. The van der Waals surface area contributed by atoms with Gasteiger partial charge < -0.3 is 15.0 Å². The highest BCUT2D eigenvalue weighted by Crippen LogP contribution is 2.31. The predicted molar refractivity (Wildman–Crippen MR) is 113 cm³/mol. The van der Waals surface area contributed by atoms with E-state index in [1.54, 1.807) is 32.6 Å². The van der Waals surface area contributed by atoms with Crippen molar-refractivity contribution in [2.45, 2.75) is 13.0 Å². The van der Waals surface area contributed by atoms with Gasteiger partial charge in [0.25, 0.3) is 5.91 Å². The van der Waals surface area contributed by atoms with Crippen LogP contribution in [0.2, 0.25) is 0 Å². The third kappa shape index (κ3) is 3.62. The first-order chi connectivity index (χ1) is 13.9. The number of nitrogens with zero attached hydrogens (tertiary/aromatic N) is 3. The Hall–Kier alpha value is -3.51. The number of nitrogens with one attached hydrogen (secondary N) is 1. The largest absolute Gasteiger partial charge is 0.378 e. The molecule has 0 aliphatic carbocycles. The van der Waals surface area contributed by atoms with Crippen LogP contribution >= 0.6 is 0 Å². The van der Waals surface area contributed by atoms with E-state index >= 15 is 0 Å². The summed E-state index contributed by atoms with van der Waals surface area (Å²) in [7, 11) is 3.22. The lowest BCUT2D eigenvalue weighted by Gasteiger charge is -2.16. The summed E-state index contributed by atoms with van der Waals surface area (Å²) < 4.78 is 0. The van der Waals surface area contributed by atoms with Crippen molar-refractivity contribution < 1.29 is 9.90 Å². The Bertz CT molecular complexity index is 1200. The van der Waals surface area contributed by atoms with E-state index in [9.17, 15) is 9.90 Å². The Morgan fingerprint density at radius 1 is 1.07 bits per heavy atom. The molecule has 3 aromatic heterocycles. The smallest absolute Gasteiger partial charge is 0.255 e. The van der Waals surface area contributed by atoms with Crippen molar-refractivity contribution in [1.82, 2.24) is 19.9 Å². The number of aryl methyl sites for hydroxylation is 1. The average Bonchev–Trinajstić information content (AvgIpc) is 3.16. The molecular formula is C23H22N4O2. The number of aromatic nitrogens is 3. The summed E-state index contributed by atoms with van der Waals surface area (Å²) in [4.78, 5) is 25.4. The number of aliphatic hydroxyl groups excluding tert-OH is 1. The van der Waals surface area contributed by atoms with Crippen LogP contribution in [-0.2, 0) is 4.79 Å². The van der Waals surface area contributed by atoms with Gasteiger partial charge in [0, 0.05) is 66.5 Å². The monoisotopic (exact) mass is 386 g/mol. The number of benzene rings is 1. The van der Waals surface area contributed by atoms with Crippen LogP contribution in [0.3, 0.4) is 0 Å². The Balaban J connectivity index is 1.76. The molecule has 6 nitrogen and oxygen atoms in total. The zero-order chi connectivity index (χ0) is 20.5. The molecule has 4 aromatic rings. The van der Waals surface area contributed by atoms with Gasteiger partial charge in [0.05, 0.1) is 0 Å². The SMILES string of the molecule is Cc1cccc(-c2c[nH]c3ncc(-c4cncc(C(O)C(=O)N(C)C)c4)cc23)c1. The van der Waals surface area contributed by atoms with Crippen LogP contribution < -0.4 is 0 Å². The second kappa shape index (κ2) is 7.48. The molecule has 0 fully saturated rings. The van der Waals surface area contributed by atoms with Crippen LogP contribution in [0.25, 0.3) is 33.3 Å². The van der Waals surface area contributed by atoms with Crippen LogP contribution in [0, 0.1) is 6.92 Å². The lowest BCUT2D eigenvalue weighted by molar-refractivity contribution is -0.137. The van der Waals surface area contributed by atoms with Gasteiger partial charge in [-0.3, -0.25) is 9.78 Å². The van der Waals surface area contributed by atoms with Crippen molar-refractivity contribution in [2.75, 3.05) is 14.1 Å². The molecule has 6 heteroatoms. The molecule has 4 rings (SSSR count). The molecular weight excluding hydrogens is 364 g/mol. The van der Waals surface area contributed by atoms with Gasteiger partial charge in [-0.15, -0.1) is 0 Å². The molecule has 1 amide bonds. The highest BCUT2D eigenvalue weighted by Gasteiger charge is 2.20. The van der Waals surface area contributed by atoms with Gasteiger partial charge in [0.1, 0.15) is 5.65 Å². The average molecular weight is 386 g/mol. The summed E-state index contributed by atoms with van der Waals surface area (Å²) in [6, 6.07) is 12.2. The lowest BCUT2D eigenvalue weighted by Crippen LogP contribution is -2.28. The Labute approximate surface area is 168 Å². The van der Waals surface area contributed by atoms with Crippen LogP contribution in [0.1, 0.15) is 17.2 Å². The summed E-state index contributed by atoms with van der Waals surface area (Å²) in [6.07, 6.45) is 5.70. The van der Waals surface area contributed by atoms with E-state index in [2.05, 4.69) is 46.1 Å². The number of pyridine rings is 2. The topological polar surface area (TPSA) is 82.1 Å². The number of hydrogen-bond donors (Lipinski definition) is 2. The van der Waals surface area contributed by atoms with Crippen molar-refractivity contribution in [1.29, 1.82) is 0 Å². The molecule has 3 heterocycles. The highest BCUT2D eigenvalue weighted by molar-refractivity contribution is 5.96. The summed E-state index contributed by atoms with van der Waals surface area (Å²) in [6.45, 7) is 2.07. The van der Waals surface area contributed by atoms with Gasteiger partial charge in [-0.25, -0.2) is 4.98 Å². The molecule has 146 valence electrons. The molecule has 0 radical (unpaired) electrons. The quantitative estimate of drug-likeness (QED) is 0.560. The maximum Gasteiger partial charge on any atom is 0.255 e. The third-order valence-corrected chi connectivity index (χ3v) is 4.94. The minimum Gasteiger partial charge on any atom is -0.378 e. The first kappa shape index (κ1) is 18.8. The Morgan fingerprint density at radius 2 is 1.86 bits per heavy atom. The number of aromatic amines is 1. The molecule has 1 aromatic carbocycles. The first-order valence-electron chi connectivity index (χ1n) is 9.33. The van der Waals surface area contributed by atoms with Crippen LogP contribution in [0.5, 0.6) is 0 Å². The molecule has 2 N–H and O–H groups in total. The Morgan fingerprint density at radius 3 is 2.62 bits per heavy atom. The van der Waals surface area contributed by atoms with Gasteiger partial charge in [-0.2, -0.15) is 0 Å². The molecule has 0 saturated carbocycles. The molecule has 0 bridgehead atoms. The number of rotatable bonds is 4. The van der Waals surface area contributed by atoms with E-state index in [1.165, 1.54) is 16.7 Å². The number of fused-ring (bicyclic) bond motifs is 1. The maximum absolute atomic E-state index is 12.1. The van der Waals surface area contributed by atoms with E-state index < -0.39 is 6.10 Å². The molecule has 29 heavy (non-hydrogen) atoms. The van der Waals surface area contributed by atoms with E-state index in [0.717, 1.165) is 33.3 Å². The molecule has 0 aliphatic heterocycles. The van der Waals surface area contributed by atoms with E-state index in [-0.39, 0.29) is 5.91 Å². The van der Waals surface area contributed by atoms with Gasteiger partial charge >= 0.3 is 0 Å². The van der Waals surface area contributed by atoms with E-state index in [1.807, 2.05) is 12.3 Å². The summed E-state index contributed by atoms with van der Waals surface area (Å²) in [5.74, 6) is -0.384. The maximum atomic E-state index is 12.1. The number of H-pyrrole nitrogens is 1. The zero-order valence-electron chi connectivity index (χ0n) is 16.5. The lowest BCUT2D eigenvalue weighted by atomic mass is 10.0. The fraction of sp³-hybridized carbons (Fsp3) is 0.174. The number of carbonyl (C=O) groups is 1. The van der Waals surface area contributed by atoms with Gasteiger partial charge in [-0.1, -0.05) is 29.8 Å². The fourth-order valence-corrected chi connectivity index (χ4v) is 3.36. The molecule has 1 unspecified atom stereocenters. The summed E-state index contributed by atoms with van der Waals surface area (Å²) >= 11 is 0. The number of aliphatic hydroxyl groups is 1. The third-order valence-electron chi connectivity index (χ3n) is 4.94. The second-order valence-electron chi connectivity index (χ2n) is 7.33. The number of carbonyl (C=O) groups excluding carboxylic acids is 1. The standard InChI is InChI=1S/C23H22N4O2/c1-14-5-4-6-15(7-14)20-13-26-22-19(20)9-17(12-25-22)16-8-18(11-24-10-16)21(28)23(29)27(2)3/h4-13,21,28H,1-3H3,(H,25,26). The van der Waals surface area contributed by atoms with Gasteiger partial charge in [0.15, 0.2) is 6.10 Å².